The summed E-state index contributed by atoms with van der Waals surface area (Å²) in [6.07, 6.45) is 3.53. The van der Waals surface area contributed by atoms with Crippen molar-refractivity contribution in [3.8, 4) is 5.75 Å². The minimum absolute atomic E-state index is 0.122. The van der Waals surface area contributed by atoms with E-state index in [1.807, 2.05) is 30.3 Å². The van der Waals surface area contributed by atoms with E-state index in [0.29, 0.717) is 19.6 Å². The zero-order valence-corrected chi connectivity index (χ0v) is 13.9. The summed E-state index contributed by atoms with van der Waals surface area (Å²) in [4.78, 5) is 23.1. The molecule has 1 aliphatic heterocycles. The lowest BCUT2D eigenvalue weighted by molar-refractivity contribution is -0.606. The Kier molecular flexibility index (Phi) is 4.17. The molecule has 0 saturated carbocycles. The number of rotatable bonds is 5. The van der Waals surface area contributed by atoms with Crippen molar-refractivity contribution in [1.82, 2.24) is 0 Å². The first kappa shape index (κ1) is 16.6. The van der Waals surface area contributed by atoms with Crippen molar-refractivity contribution in [2.45, 2.75) is 25.3 Å². The van der Waals surface area contributed by atoms with E-state index >= 15 is 0 Å². The van der Waals surface area contributed by atoms with E-state index in [0.717, 1.165) is 23.2 Å². The summed E-state index contributed by atoms with van der Waals surface area (Å²) in [6, 6.07) is 7.43. The topological polar surface area (TPSA) is 78.7 Å². The van der Waals surface area contributed by atoms with Crippen LogP contribution < -0.4 is 4.74 Å². The fourth-order valence-electron chi connectivity index (χ4n) is 3.96. The van der Waals surface area contributed by atoms with Gasteiger partial charge in [-0.05, 0) is 29.7 Å². The predicted octanol–water partition coefficient (Wildman–Crippen LogP) is 2.74. The molecular weight excluding hydrogens is 310 g/mol. The number of methoxy groups -OCH3 is 1. The SMILES string of the molecule is COc1ccc(C2=CCC3(COC3)[C@](C)([N+](=O)[O-])[C@H]2CC=O)cc1. The molecule has 1 aromatic rings. The lowest BCUT2D eigenvalue weighted by Crippen LogP contribution is -2.66. The van der Waals surface area contributed by atoms with Gasteiger partial charge < -0.3 is 14.3 Å². The Labute approximate surface area is 140 Å². The summed E-state index contributed by atoms with van der Waals surface area (Å²) < 4.78 is 10.5. The number of aldehydes is 1. The summed E-state index contributed by atoms with van der Waals surface area (Å²) in [7, 11) is 1.59. The van der Waals surface area contributed by atoms with Gasteiger partial charge in [-0.15, -0.1) is 0 Å². The van der Waals surface area contributed by atoms with Gasteiger partial charge in [0, 0.05) is 18.3 Å². The first-order chi connectivity index (χ1) is 11.5. The largest absolute Gasteiger partial charge is 0.497 e. The second kappa shape index (κ2) is 6.02. The van der Waals surface area contributed by atoms with Crippen LogP contribution in [0.1, 0.15) is 25.3 Å². The third-order valence-electron chi connectivity index (χ3n) is 5.73. The van der Waals surface area contributed by atoms with Gasteiger partial charge in [-0.3, -0.25) is 10.1 Å². The minimum Gasteiger partial charge on any atom is -0.497 e. The Morgan fingerprint density at radius 2 is 2.04 bits per heavy atom. The molecule has 24 heavy (non-hydrogen) atoms. The molecule has 128 valence electrons. The molecule has 1 aliphatic carbocycles. The monoisotopic (exact) mass is 331 g/mol. The fraction of sp³-hybridized carbons (Fsp3) is 0.500. The summed E-state index contributed by atoms with van der Waals surface area (Å²) in [5.74, 6) is 0.249. The van der Waals surface area contributed by atoms with E-state index < -0.39 is 16.9 Å². The van der Waals surface area contributed by atoms with Crippen LogP contribution in [0.2, 0.25) is 0 Å². The van der Waals surface area contributed by atoms with Gasteiger partial charge in [-0.2, -0.15) is 0 Å². The van der Waals surface area contributed by atoms with Crippen LogP contribution in [0.15, 0.2) is 30.3 Å². The van der Waals surface area contributed by atoms with Crippen molar-refractivity contribution in [2.24, 2.45) is 11.3 Å². The third-order valence-corrected chi connectivity index (χ3v) is 5.73. The maximum absolute atomic E-state index is 12.0. The molecule has 3 rings (SSSR count). The Bertz CT molecular complexity index is 677. The fourth-order valence-corrected chi connectivity index (χ4v) is 3.96. The molecule has 0 bridgehead atoms. The Morgan fingerprint density at radius 1 is 1.38 bits per heavy atom. The van der Waals surface area contributed by atoms with Crippen molar-refractivity contribution >= 4 is 11.9 Å². The van der Waals surface area contributed by atoms with Gasteiger partial charge in [0.1, 0.15) is 12.0 Å². The number of ether oxygens (including phenoxy) is 2. The van der Waals surface area contributed by atoms with E-state index in [9.17, 15) is 14.9 Å². The van der Waals surface area contributed by atoms with E-state index in [-0.39, 0.29) is 11.3 Å². The van der Waals surface area contributed by atoms with E-state index in [2.05, 4.69) is 0 Å². The van der Waals surface area contributed by atoms with Crippen LogP contribution in [0.25, 0.3) is 5.57 Å². The molecule has 1 aromatic carbocycles. The number of hydrogen-bond donors (Lipinski definition) is 0. The Hall–Kier alpha value is -2.21. The zero-order valence-electron chi connectivity index (χ0n) is 13.9. The molecule has 0 radical (unpaired) electrons. The third kappa shape index (κ3) is 2.24. The second-order valence-electron chi connectivity index (χ2n) is 6.72. The average Bonchev–Trinajstić information content (AvgIpc) is 2.55. The lowest BCUT2D eigenvalue weighted by Gasteiger charge is -2.53. The lowest BCUT2D eigenvalue weighted by atomic mass is 9.55. The Morgan fingerprint density at radius 3 is 2.50 bits per heavy atom. The van der Waals surface area contributed by atoms with Crippen LogP contribution in [0, 0.1) is 21.4 Å². The summed E-state index contributed by atoms with van der Waals surface area (Å²) in [5.41, 5.74) is 0.00310. The van der Waals surface area contributed by atoms with Crippen molar-refractivity contribution in [3.05, 3.63) is 46.0 Å². The van der Waals surface area contributed by atoms with Crippen molar-refractivity contribution in [1.29, 1.82) is 0 Å². The van der Waals surface area contributed by atoms with E-state index in [1.54, 1.807) is 14.0 Å². The van der Waals surface area contributed by atoms with Gasteiger partial charge in [0.2, 0.25) is 5.54 Å². The summed E-state index contributed by atoms with van der Waals surface area (Å²) in [5, 5.41) is 12.0. The first-order valence-corrected chi connectivity index (χ1v) is 7.99. The molecule has 2 atom stereocenters. The molecule has 1 saturated heterocycles. The molecule has 6 nitrogen and oxygen atoms in total. The minimum atomic E-state index is -1.23. The highest BCUT2D eigenvalue weighted by Crippen LogP contribution is 2.55. The normalized spacial score (nSPS) is 27.9. The molecule has 2 aliphatic rings. The molecule has 1 heterocycles. The smallest absolute Gasteiger partial charge is 0.236 e. The highest BCUT2D eigenvalue weighted by atomic mass is 16.6. The van der Waals surface area contributed by atoms with Crippen LogP contribution in [-0.2, 0) is 9.53 Å². The molecule has 0 N–H and O–H groups in total. The molecule has 6 heteroatoms. The number of nitrogens with zero attached hydrogens (tertiary/aromatic N) is 1. The number of hydrogen-bond acceptors (Lipinski definition) is 5. The predicted molar refractivity (Wildman–Crippen MR) is 88.4 cm³/mol. The molecular formula is C18H21NO5. The first-order valence-electron chi connectivity index (χ1n) is 7.99. The van der Waals surface area contributed by atoms with Crippen molar-refractivity contribution in [2.75, 3.05) is 20.3 Å². The van der Waals surface area contributed by atoms with Crippen LogP contribution >= 0.6 is 0 Å². The molecule has 1 fully saturated rings. The quantitative estimate of drug-likeness (QED) is 0.471. The molecule has 0 unspecified atom stereocenters. The van der Waals surface area contributed by atoms with E-state index in [1.165, 1.54) is 0 Å². The number of nitro groups is 1. The molecule has 0 aromatic heterocycles. The Balaban J connectivity index is 2.07. The van der Waals surface area contributed by atoms with E-state index in [4.69, 9.17) is 9.47 Å². The number of benzene rings is 1. The number of carbonyl (C=O) groups excluding carboxylic acids is 1. The van der Waals surface area contributed by atoms with Gasteiger partial charge >= 0.3 is 0 Å². The van der Waals surface area contributed by atoms with Crippen LogP contribution in [0.3, 0.4) is 0 Å². The summed E-state index contributed by atoms with van der Waals surface area (Å²) in [6.45, 7) is 2.40. The molecule has 0 amide bonds. The van der Waals surface area contributed by atoms with Gasteiger partial charge in [-0.1, -0.05) is 18.2 Å². The molecule has 1 spiro atoms. The second-order valence-corrected chi connectivity index (χ2v) is 6.72. The number of carbonyl (C=O) groups is 1. The average molecular weight is 331 g/mol. The van der Waals surface area contributed by atoms with Gasteiger partial charge in [0.05, 0.1) is 31.7 Å². The number of allylic oxidation sites excluding steroid dienone is 1. The highest BCUT2D eigenvalue weighted by molar-refractivity contribution is 5.73. The van der Waals surface area contributed by atoms with Gasteiger partial charge in [0.25, 0.3) is 0 Å². The van der Waals surface area contributed by atoms with Gasteiger partial charge in [0.15, 0.2) is 0 Å². The van der Waals surface area contributed by atoms with Gasteiger partial charge in [-0.25, -0.2) is 0 Å². The summed E-state index contributed by atoms with van der Waals surface area (Å²) >= 11 is 0. The maximum atomic E-state index is 12.0. The van der Waals surface area contributed by atoms with Crippen LogP contribution in [0.4, 0.5) is 0 Å². The zero-order chi connectivity index (χ0) is 17.4. The van der Waals surface area contributed by atoms with Crippen molar-refractivity contribution in [3.63, 3.8) is 0 Å². The van der Waals surface area contributed by atoms with Crippen LogP contribution in [0.5, 0.6) is 5.75 Å². The standard InChI is InChI=1S/C18H21NO5/c1-17(19(21)22)16(8-10-20)15(7-9-18(17)11-24-12-18)13-3-5-14(23-2)6-4-13/h3-7,10,16H,8-9,11-12H2,1-2H3/t16-,17+/m0/s1. The van der Waals surface area contributed by atoms with Crippen LogP contribution in [-0.4, -0.2) is 37.1 Å². The van der Waals surface area contributed by atoms with Crippen molar-refractivity contribution < 1.29 is 19.2 Å². The highest BCUT2D eigenvalue weighted by Gasteiger charge is 2.67. The maximum Gasteiger partial charge on any atom is 0.236 e.